The van der Waals surface area contributed by atoms with Crippen LogP contribution in [0.4, 0.5) is 21.1 Å². The van der Waals surface area contributed by atoms with E-state index >= 15 is 0 Å². The first-order chi connectivity index (χ1) is 13.9. The van der Waals surface area contributed by atoms with Crippen LogP contribution in [0.1, 0.15) is 41.5 Å². The maximum absolute atomic E-state index is 12.1. The average molecular weight is 421 g/mol. The average Bonchev–Trinajstić information content (AvgIpc) is 2.59. The molecule has 0 spiro atoms. The molecule has 0 aromatic carbocycles. The Morgan fingerprint density at radius 1 is 1.00 bits per heavy atom. The lowest BCUT2D eigenvalue weighted by Crippen LogP contribution is -2.47. The molecule has 10 nitrogen and oxygen atoms in total. The lowest BCUT2D eigenvalue weighted by atomic mass is 10.2. The zero-order valence-corrected chi connectivity index (χ0v) is 18.4. The van der Waals surface area contributed by atoms with Crippen molar-refractivity contribution in [3.8, 4) is 0 Å². The van der Waals surface area contributed by atoms with Gasteiger partial charge in [0.05, 0.1) is 25.1 Å². The summed E-state index contributed by atoms with van der Waals surface area (Å²) in [7, 11) is 0. The summed E-state index contributed by atoms with van der Waals surface area (Å²) >= 11 is 0. The number of anilines is 1. The fourth-order valence-electron chi connectivity index (χ4n) is 2.46. The zero-order chi connectivity index (χ0) is 22.4. The molecule has 0 atom stereocenters. The second-order valence-corrected chi connectivity index (χ2v) is 8.69. The Balaban J connectivity index is 2.15. The van der Waals surface area contributed by atoms with Crippen molar-refractivity contribution in [2.45, 2.75) is 52.7 Å². The summed E-state index contributed by atoms with van der Waals surface area (Å²) in [6, 6.07) is 3.56. The van der Waals surface area contributed by atoms with E-state index in [0.717, 1.165) is 18.8 Å². The van der Waals surface area contributed by atoms with E-state index < -0.39 is 23.4 Å². The van der Waals surface area contributed by atoms with Crippen LogP contribution in [0, 0.1) is 0 Å². The summed E-state index contributed by atoms with van der Waals surface area (Å²) < 4.78 is 15.8. The number of aromatic nitrogens is 1. The van der Waals surface area contributed by atoms with Crippen molar-refractivity contribution < 1.29 is 23.8 Å². The van der Waals surface area contributed by atoms with Crippen molar-refractivity contribution in [1.29, 1.82) is 0 Å². The topological polar surface area (TPSA) is 114 Å². The number of nitrogens with zero attached hydrogens (tertiary/aromatic N) is 3. The Hall–Kier alpha value is -2.88. The van der Waals surface area contributed by atoms with Crippen molar-refractivity contribution in [3.63, 3.8) is 0 Å². The number of carbonyl (C=O) groups is 2. The standard InChI is InChI=1S/C20H31N5O5/c1-19(2,3)29-17(26)23-16(24-18(27)30-20(4,5)6)22-15-8-7-14(13-21-15)25-9-11-28-12-10-25/h7-8,13H,9-12H2,1-6H3,(H2,21,22,23,24,26,27). The maximum Gasteiger partial charge on any atom is 0.414 e. The highest BCUT2D eigenvalue weighted by molar-refractivity contribution is 6.02. The van der Waals surface area contributed by atoms with E-state index in [1.165, 1.54) is 0 Å². The van der Waals surface area contributed by atoms with Gasteiger partial charge in [0.2, 0.25) is 5.96 Å². The quantitative estimate of drug-likeness (QED) is 0.557. The van der Waals surface area contributed by atoms with Crippen molar-refractivity contribution in [2.75, 3.05) is 31.2 Å². The Bertz CT molecular complexity index is 727. The Labute approximate surface area is 177 Å². The van der Waals surface area contributed by atoms with Crippen LogP contribution in [0.3, 0.4) is 0 Å². The van der Waals surface area contributed by atoms with Gasteiger partial charge in [0.1, 0.15) is 11.2 Å². The van der Waals surface area contributed by atoms with Crippen LogP contribution in [0.2, 0.25) is 0 Å². The Morgan fingerprint density at radius 3 is 1.97 bits per heavy atom. The number of alkyl carbamates (subject to hydrolysis) is 2. The zero-order valence-electron chi connectivity index (χ0n) is 18.4. The molecule has 1 fully saturated rings. The molecule has 30 heavy (non-hydrogen) atoms. The molecule has 166 valence electrons. The number of amides is 2. The number of guanidine groups is 1. The number of hydrogen-bond acceptors (Lipinski definition) is 8. The fraction of sp³-hybridized carbons (Fsp3) is 0.600. The van der Waals surface area contributed by atoms with Crippen LogP contribution in [-0.2, 0) is 14.2 Å². The summed E-state index contributed by atoms with van der Waals surface area (Å²) in [6.07, 6.45) is 0.160. The monoisotopic (exact) mass is 421 g/mol. The molecule has 0 aliphatic carbocycles. The van der Waals surface area contributed by atoms with Gasteiger partial charge < -0.3 is 19.1 Å². The number of hydrogen-bond donors (Lipinski definition) is 2. The predicted molar refractivity (Wildman–Crippen MR) is 113 cm³/mol. The van der Waals surface area contributed by atoms with Gasteiger partial charge in [0, 0.05) is 13.1 Å². The molecule has 2 amide bonds. The van der Waals surface area contributed by atoms with Crippen molar-refractivity contribution in [2.24, 2.45) is 4.99 Å². The molecule has 10 heteroatoms. The fourth-order valence-corrected chi connectivity index (χ4v) is 2.46. The van der Waals surface area contributed by atoms with Gasteiger partial charge in [-0.05, 0) is 53.7 Å². The lowest BCUT2D eigenvalue weighted by molar-refractivity contribution is 0.0545. The number of carbonyl (C=O) groups excluding carboxylic acids is 2. The number of rotatable bonds is 2. The summed E-state index contributed by atoms with van der Waals surface area (Å²) in [5.74, 6) is 0.152. The minimum absolute atomic E-state index is 0.148. The SMILES string of the molecule is CC(C)(C)OC(=O)NC(=Nc1ccc(N2CCOCC2)cn1)NC(=O)OC(C)(C)C. The molecule has 1 aromatic heterocycles. The Kier molecular flexibility index (Phi) is 7.60. The largest absolute Gasteiger partial charge is 0.444 e. The van der Waals surface area contributed by atoms with E-state index in [9.17, 15) is 9.59 Å². The van der Waals surface area contributed by atoms with Gasteiger partial charge in [0.15, 0.2) is 5.82 Å². The summed E-state index contributed by atoms with van der Waals surface area (Å²) in [6.45, 7) is 13.3. The van der Waals surface area contributed by atoms with E-state index in [2.05, 4.69) is 25.5 Å². The molecule has 2 heterocycles. The molecule has 1 aliphatic rings. The Morgan fingerprint density at radius 2 is 1.53 bits per heavy atom. The van der Waals surface area contributed by atoms with E-state index in [0.29, 0.717) is 19.0 Å². The summed E-state index contributed by atoms with van der Waals surface area (Å²) in [5, 5.41) is 4.85. The van der Waals surface area contributed by atoms with Crippen LogP contribution in [-0.4, -0.2) is 60.6 Å². The molecule has 0 bridgehead atoms. The molecule has 1 aliphatic heterocycles. The van der Waals surface area contributed by atoms with Gasteiger partial charge in [-0.25, -0.2) is 14.6 Å². The van der Waals surface area contributed by atoms with Crippen molar-refractivity contribution >= 4 is 29.7 Å². The molecule has 2 rings (SSSR count). The second-order valence-electron chi connectivity index (χ2n) is 8.69. The van der Waals surface area contributed by atoms with Gasteiger partial charge >= 0.3 is 12.2 Å². The number of aliphatic imine (C=N–C) groups is 1. The first kappa shape index (κ1) is 23.4. The normalized spacial score (nSPS) is 14.5. The van der Waals surface area contributed by atoms with Crippen LogP contribution in [0.5, 0.6) is 0 Å². The summed E-state index contributed by atoms with van der Waals surface area (Å²) in [5.41, 5.74) is -0.475. The minimum atomic E-state index is -0.762. The van der Waals surface area contributed by atoms with Crippen molar-refractivity contribution in [1.82, 2.24) is 15.6 Å². The first-order valence-electron chi connectivity index (χ1n) is 9.79. The molecular weight excluding hydrogens is 390 g/mol. The predicted octanol–water partition coefficient (Wildman–Crippen LogP) is 2.96. The van der Waals surface area contributed by atoms with Crippen LogP contribution in [0.15, 0.2) is 23.3 Å². The number of pyridine rings is 1. The smallest absolute Gasteiger partial charge is 0.414 e. The number of ether oxygens (including phenoxy) is 3. The maximum atomic E-state index is 12.1. The van der Waals surface area contributed by atoms with E-state index in [1.807, 2.05) is 6.07 Å². The molecule has 0 radical (unpaired) electrons. The van der Waals surface area contributed by atoms with Crippen LogP contribution >= 0.6 is 0 Å². The number of nitrogens with one attached hydrogen (secondary N) is 2. The molecular formula is C20H31N5O5. The van der Waals surface area contributed by atoms with Gasteiger partial charge in [-0.2, -0.15) is 4.99 Å². The summed E-state index contributed by atoms with van der Waals surface area (Å²) in [4.78, 5) is 35.0. The molecule has 2 N–H and O–H groups in total. The van der Waals surface area contributed by atoms with Crippen LogP contribution in [0.25, 0.3) is 0 Å². The second kappa shape index (κ2) is 9.75. The highest BCUT2D eigenvalue weighted by Gasteiger charge is 2.21. The van der Waals surface area contributed by atoms with E-state index in [4.69, 9.17) is 14.2 Å². The highest BCUT2D eigenvalue weighted by Crippen LogP contribution is 2.18. The third kappa shape index (κ3) is 8.64. The van der Waals surface area contributed by atoms with E-state index in [1.54, 1.807) is 53.8 Å². The van der Waals surface area contributed by atoms with E-state index in [-0.39, 0.29) is 5.96 Å². The third-order valence-corrected chi connectivity index (χ3v) is 3.57. The van der Waals surface area contributed by atoms with Crippen molar-refractivity contribution in [3.05, 3.63) is 18.3 Å². The molecule has 1 aromatic rings. The molecule has 1 saturated heterocycles. The van der Waals surface area contributed by atoms with Gasteiger partial charge in [-0.3, -0.25) is 10.6 Å². The van der Waals surface area contributed by atoms with Crippen LogP contribution < -0.4 is 15.5 Å². The van der Waals surface area contributed by atoms with Gasteiger partial charge in [0.25, 0.3) is 0 Å². The third-order valence-electron chi connectivity index (χ3n) is 3.57. The van der Waals surface area contributed by atoms with Gasteiger partial charge in [-0.15, -0.1) is 0 Å². The molecule has 0 unspecified atom stereocenters. The first-order valence-corrected chi connectivity index (χ1v) is 9.79. The van der Waals surface area contributed by atoms with Gasteiger partial charge in [-0.1, -0.05) is 0 Å². The number of morpholine rings is 1. The highest BCUT2D eigenvalue weighted by atomic mass is 16.6. The lowest BCUT2D eigenvalue weighted by Gasteiger charge is -2.28. The minimum Gasteiger partial charge on any atom is -0.444 e. The molecule has 0 saturated carbocycles.